The van der Waals surface area contributed by atoms with Gasteiger partial charge in [-0.15, -0.1) is 0 Å². The largest absolute Gasteiger partial charge is 0.425 e. The number of hydrogen-bond donors (Lipinski definition) is 2. The van der Waals surface area contributed by atoms with E-state index in [2.05, 4.69) is 46.8 Å². The van der Waals surface area contributed by atoms with Crippen LogP contribution in [-0.2, 0) is 16.6 Å². The Hall–Kier alpha value is -1.39. The van der Waals surface area contributed by atoms with Gasteiger partial charge in [-0.1, -0.05) is 34.1 Å². The van der Waals surface area contributed by atoms with Crippen LogP contribution >= 0.6 is 0 Å². The minimum Gasteiger partial charge on any atom is -0.425 e. The molecule has 0 bridgehead atoms. The van der Waals surface area contributed by atoms with Gasteiger partial charge in [0.05, 0.1) is 0 Å². The SMILES string of the molecule is Cc1cc(OC(=O)C(N)CCCN)cc2c1[C@]1(C)CC[C@H]3C(C)(C)CCC[C@]3(C)[C@@H]1C2. The number of aryl methyl sites for hydroxylation is 1. The van der Waals surface area contributed by atoms with Crippen molar-refractivity contribution in [2.45, 2.75) is 97.4 Å². The predicted octanol–water partition coefficient (Wildman–Crippen LogP) is 5.02. The molecule has 4 rings (SSSR count). The molecule has 2 fully saturated rings. The first kappa shape index (κ1) is 22.8. The number of carbonyl (C=O) groups is 1. The first-order chi connectivity index (χ1) is 14.5. The highest BCUT2D eigenvalue weighted by molar-refractivity contribution is 5.78. The summed E-state index contributed by atoms with van der Waals surface area (Å²) in [5.41, 5.74) is 16.7. The summed E-state index contributed by atoms with van der Waals surface area (Å²) in [5.74, 6) is 1.75. The van der Waals surface area contributed by atoms with Crippen LogP contribution < -0.4 is 16.2 Å². The Labute approximate surface area is 188 Å². The summed E-state index contributed by atoms with van der Waals surface area (Å²) in [6.07, 6.45) is 9.01. The molecule has 0 saturated heterocycles. The van der Waals surface area contributed by atoms with E-state index in [9.17, 15) is 4.79 Å². The summed E-state index contributed by atoms with van der Waals surface area (Å²) in [6.45, 7) is 12.8. The van der Waals surface area contributed by atoms with E-state index in [-0.39, 0.29) is 11.4 Å². The summed E-state index contributed by atoms with van der Waals surface area (Å²) >= 11 is 0. The van der Waals surface area contributed by atoms with Gasteiger partial charge >= 0.3 is 5.97 Å². The third-order valence-electron chi connectivity index (χ3n) is 9.42. The molecule has 1 unspecified atom stereocenters. The molecule has 0 heterocycles. The average Bonchev–Trinajstić information content (AvgIpc) is 2.99. The fourth-order valence-electron chi connectivity index (χ4n) is 8.14. The zero-order valence-electron chi connectivity index (χ0n) is 20.2. The molecule has 31 heavy (non-hydrogen) atoms. The maximum absolute atomic E-state index is 12.5. The molecular formula is C27H42N2O2. The maximum atomic E-state index is 12.5. The van der Waals surface area contributed by atoms with Crippen molar-refractivity contribution >= 4 is 5.97 Å². The molecule has 0 spiro atoms. The first-order valence-electron chi connectivity index (χ1n) is 12.3. The normalized spacial score (nSPS) is 34.4. The van der Waals surface area contributed by atoms with Crippen molar-refractivity contribution in [2.75, 3.05) is 6.54 Å². The van der Waals surface area contributed by atoms with Crippen LogP contribution in [0, 0.1) is 29.6 Å². The van der Waals surface area contributed by atoms with E-state index in [1.165, 1.54) is 48.8 Å². The fraction of sp³-hybridized carbons (Fsp3) is 0.741. The molecule has 5 atom stereocenters. The van der Waals surface area contributed by atoms with Gasteiger partial charge in [0.1, 0.15) is 11.8 Å². The van der Waals surface area contributed by atoms with E-state index < -0.39 is 6.04 Å². The van der Waals surface area contributed by atoms with E-state index in [1.54, 1.807) is 0 Å². The number of ether oxygens (including phenoxy) is 1. The quantitative estimate of drug-likeness (QED) is 0.512. The van der Waals surface area contributed by atoms with Crippen molar-refractivity contribution < 1.29 is 9.53 Å². The summed E-state index contributed by atoms with van der Waals surface area (Å²) in [7, 11) is 0. The number of hydrogen-bond acceptors (Lipinski definition) is 4. The molecule has 1 aromatic rings. The second-order valence-corrected chi connectivity index (χ2v) is 11.8. The van der Waals surface area contributed by atoms with Gasteiger partial charge in [-0.05, 0) is 115 Å². The molecule has 4 N–H and O–H groups in total. The molecule has 0 radical (unpaired) electrons. The van der Waals surface area contributed by atoms with Crippen LogP contribution in [0.4, 0.5) is 0 Å². The van der Waals surface area contributed by atoms with Gasteiger partial charge in [-0.2, -0.15) is 0 Å². The minimum absolute atomic E-state index is 0.220. The molecule has 3 aliphatic rings. The topological polar surface area (TPSA) is 78.3 Å². The summed E-state index contributed by atoms with van der Waals surface area (Å²) < 4.78 is 5.73. The van der Waals surface area contributed by atoms with E-state index in [0.29, 0.717) is 35.5 Å². The minimum atomic E-state index is -0.610. The molecule has 4 nitrogen and oxygen atoms in total. The molecule has 172 valence electrons. The Morgan fingerprint density at radius 2 is 1.90 bits per heavy atom. The number of rotatable bonds is 5. The first-order valence-corrected chi connectivity index (χ1v) is 12.3. The molecule has 0 aromatic heterocycles. The molecule has 0 amide bonds. The van der Waals surface area contributed by atoms with Crippen molar-refractivity contribution in [3.63, 3.8) is 0 Å². The van der Waals surface area contributed by atoms with Crippen LogP contribution in [0.2, 0.25) is 0 Å². The Morgan fingerprint density at radius 3 is 2.61 bits per heavy atom. The van der Waals surface area contributed by atoms with Crippen molar-refractivity contribution in [3.05, 3.63) is 28.8 Å². The number of benzene rings is 1. The van der Waals surface area contributed by atoms with E-state index >= 15 is 0 Å². The summed E-state index contributed by atoms with van der Waals surface area (Å²) in [5, 5.41) is 0. The molecule has 1 aromatic carbocycles. The third-order valence-corrected chi connectivity index (χ3v) is 9.42. The van der Waals surface area contributed by atoms with E-state index in [1.807, 2.05) is 0 Å². The summed E-state index contributed by atoms with van der Waals surface area (Å²) in [6, 6.07) is 3.58. The van der Waals surface area contributed by atoms with Gasteiger partial charge in [-0.3, -0.25) is 0 Å². The Bertz CT molecular complexity index is 863. The highest BCUT2D eigenvalue weighted by atomic mass is 16.5. The van der Waals surface area contributed by atoms with Crippen LogP contribution in [0.25, 0.3) is 0 Å². The Morgan fingerprint density at radius 1 is 1.16 bits per heavy atom. The van der Waals surface area contributed by atoms with Crippen molar-refractivity contribution in [1.29, 1.82) is 0 Å². The molecule has 2 saturated carbocycles. The van der Waals surface area contributed by atoms with Crippen LogP contribution in [0.3, 0.4) is 0 Å². The zero-order chi connectivity index (χ0) is 22.6. The van der Waals surface area contributed by atoms with Gasteiger partial charge in [-0.25, -0.2) is 4.79 Å². The van der Waals surface area contributed by atoms with Crippen LogP contribution in [-0.4, -0.2) is 18.6 Å². The third kappa shape index (κ3) is 3.64. The van der Waals surface area contributed by atoms with Crippen molar-refractivity contribution in [3.8, 4) is 5.75 Å². The van der Waals surface area contributed by atoms with Gasteiger partial charge in [0.15, 0.2) is 0 Å². The maximum Gasteiger partial charge on any atom is 0.328 e. The van der Waals surface area contributed by atoms with Crippen LogP contribution in [0.5, 0.6) is 5.75 Å². The lowest BCUT2D eigenvalue weighted by Gasteiger charge is -2.61. The average molecular weight is 427 g/mol. The van der Waals surface area contributed by atoms with E-state index in [0.717, 1.165) is 18.8 Å². The van der Waals surface area contributed by atoms with Crippen LogP contribution in [0.1, 0.15) is 89.3 Å². The Kier molecular flexibility index (Phi) is 5.79. The molecule has 4 heteroatoms. The standard InChI is InChI=1S/C27H42N2O2/c1-17-14-19(31-24(30)20(29)8-6-13-28)15-18-16-22-26(4)11-7-10-25(2,3)21(26)9-12-27(22,5)23(17)18/h14-15,20-22H,6-13,16,28-29H2,1-5H3/t20?,21-,22-,26-,27+/m0/s1. The number of nitrogens with two attached hydrogens (primary N) is 2. The lowest BCUT2D eigenvalue weighted by atomic mass is 9.43. The van der Waals surface area contributed by atoms with Crippen molar-refractivity contribution in [1.82, 2.24) is 0 Å². The number of carbonyl (C=O) groups excluding carboxylic acids is 1. The van der Waals surface area contributed by atoms with E-state index in [4.69, 9.17) is 16.2 Å². The molecule has 3 aliphatic carbocycles. The Balaban J connectivity index is 1.63. The smallest absolute Gasteiger partial charge is 0.328 e. The molecule has 0 aliphatic heterocycles. The van der Waals surface area contributed by atoms with Crippen molar-refractivity contribution in [2.24, 2.45) is 34.1 Å². The van der Waals surface area contributed by atoms with Gasteiger partial charge < -0.3 is 16.2 Å². The van der Waals surface area contributed by atoms with Gasteiger partial charge in [0.25, 0.3) is 0 Å². The summed E-state index contributed by atoms with van der Waals surface area (Å²) in [4.78, 5) is 12.5. The lowest BCUT2D eigenvalue weighted by molar-refractivity contribution is -0.136. The van der Waals surface area contributed by atoms with Crippen LogP contribution in [0.15, 0.2) is 12.1 Å². The second kappa shape index (κ2) is 7.88. The second-order valence-electron chi connectivity index (χ2n) is 11.8. The number of fused-ring (bicyclic) bond motifs is 5. The molecular weight excluding hydrogens is 384 g/mol. The fourth-order valence-corrected chi connectivity index (χ4v) is 8.14. The number of esters is 1. The van der Waals surface area contributed by atoms with Gasteiger partial charge in [0.2, 0.25) is 0 Å². The lowest BCUT2D eigenvalue weighted by Crippen LogP contribution is -2.55. The van der Waals surface area contributed by atoms with Gasteiger partial charge in [0, 0.05) is 0 Å². The predicted molar refractivity (Wildman–Crippen MR) is 126 cm³/mol. The highest BCUT2D eigenvalue weighted by Crippen LogP contribution is 2.67. The highest BCUT2D eigenvalue weighted by Gasteiger charge is 2.61. The zero-order valence-corrected chi connectivity index (χ0v) is 20.2. The monoisotopic (exact) mass is 426 g/mol.